The van der Waals surface area contributed by atoms with Gasteiger partial charge in [0.1, 0.15) is 10.1 Å². The van der Waals surface area contributed by atoms with Crippen molar-refractivity contribution in [2.45, 2.75) is 121 Å². The molecule has 0 saturated carbocycles. The standard InChI is InChI=1S/C28H44O3S.Ba.H2O/c1-3-5-7-9-11-13-15-19-24-23-28(32(29,30)31)27-22-18-17-21-26(27)25(24)20-16-14-12-10-8-6-4-2;;/h17-18,21-23H,3-16,19-20H2,1-2H3,(H,29,30,31);;1H2/q;+2;/p-2. The fourth-order valence-corrected chi connectivity index (χ4v) is 5.45. The Morgan fingerprint density at radius 1 is 0.676 bits per heavy atom. The smallest absolute Gasteiger partial charge is 0.870 e. The molecule has 0 fully saturated rings. The molecule has 0 aliphatic carbocycles. The Hall–Kier alpha value is 0.141. The van der Waals surface area contributed by atoms with E-state index in [1.165, 1.54) is 76.2 Å². The molecule has 0 spiro atoms. The number of hydrogen-bond acceptors (Lipinski definition) is 4. The molecule has 0 aliphatic rings. The van der Waals surface area contributed by atoms with Gasteiger partial charge in [0.05, 0.1) is 4.90 Å². The zero-order chi connectivity index (χ0) is 23.2. The van der Waals surface area contributed by atoms with Gasteiger partial charge in [-0.25, -0.2) is 8.42 Å². The van der Waals surface area contributed by atoms with Crippen LogP contribution in [-0.2, 0) is 23.0 Å². The van der Waals surface area contributed by atoms with E-state index in [9.17, 15) is 13.0 Å². The molecule has 0 aromatic heterocycles. The summed E-state index contributed by atoms with van der Waals surface area (Å²) in [5, 5.41) is 1.54. The molecular weight excluding hydrogens is 570 g/mol. The van der Waals surface area contributed by atoms with Gasteiger partial charge in [-0.1, -0.05) is 115 Å². The first kappa shape index (κ1) is 34.1. The fourth-order valence-electron chi connectivity index (χ4n) is 4.71. The van der Waals surface area contributed by atoms with Crippen LogP contribution in [0.2, 0.25) is 0 Å². The predicted octanol–water partition coefficient (Wildman–Crippen LogP) is 7.77. The Morgan fingerprint density at radius 2 is 1.12 bits per heavy atom. The minimum atomic E-state index is -4.50. The Labute approximate surface area is 248 Å². The van der Waals surface area contributed by atoms with Crippen LogP contribution in [-0.4, -0.2) is 67.3 Å². The monoisotopic (exact) mass is 614 g/mol. The molecule has 0 aliphatic heterocycles. The van der Waals surface area contributed by atoms with Gasteiger partial charge in [-0.15, -0.1) is 0 Å². The van der Waals surface area contributed by atoms with Crippen LogP contribution in [0.3, 0.4) is 0 Å². The van der Waals surface area contributed by atoms with E-state index in [1.54, 1.807) is 12.1 Å². The number of unbranched alkanes of at least 4 members (excludes halogenated alkanes) is 12. The van der Waals surface area contributed by atoms with Gasteiger partial charge >= 0.3 is 48.9 Å². The number of benzene rings is 2. The van der Waals surface area contributed by atoms with Crippen molar-refractivity contribution in [1.29, 1.82) is 0 Å². The second-order valence-corrected chi connectivity index (χ2v) is 10.6. The van der Waals surface area contributed by atoms with E-state index in [2.05, 4.69) is 13.8 Å². The van der Waals surface area contributed by atoms with E-state index >= 15 is 0 Å². The van der Waals surface area contributed by atoms with E-state index in [4.69, 9.17) is 0 Å². The summed E-state index contributed by atoms with van der Waals surface area (Å²) in [6, 6.07) is 9.25. The molecule has 4 nitrogen and oxygen atoms in total. The van der Waals surface area contributed by atoms with E-state index in [1.807, 2.05) is 18.2 Å². The summed E-state index contributed by atoms with van der Waals surface area (Å²) in [5.41, 5.74) is 2.32. The van der Waals surface area contributed by atoms with Crippen molar-refractivity contribution >= 4 is 69.8 Å². The minimum Gasteiger partial charge on any atom is -0.870 e. The Kier molecular flexibility index (Phi) is 19.4. The number of aryl methyl sites for hydroxylation is 2. The minimum absolute atomic E-state index is 0. The molecule has 6 heteroatoms. The van der Waals surface area contributed by atoms with Crippen LogP contribution in [0.1, 0.15) is 115 Å². The topological polar surface area (TPSA) is 87.2 Å². The van der Waals surface area contributed by atoms with Gasteiger partial charge in [0.2, 0.25) is 0 Å². The molecule has 188 valence electrons. The maximum Gasteiger partial charge on any atom is 2.00 e. The van der Waals surface area contributed by atoms with Crippen LogP contribution >= 0.6 is 0 Å². The van der Waals surface area contributed by atoms with E-state index in [0.717, 1.165) is 43.1 Å². The van der Waals surface area contributed by atoms with Gasteiger partial charge in [0.25, 0.3) is 0 Å². The zero-order valence-electron chi connectivity index (χ0n) is 21.5. The second kappa shape index (κ2) is 19.3. The quantitative estimate of drug-likeness (QED) is 0.104. The molecule has 2 rings (SSSR count). The maximum absolute atomic E-state index is 12.0. The second-order valence-electron chi connectivity index (χ2n) is 9.25. The Morgan fingerprint density at radius 3 is 1.62 bits per heavy atom. The molecule has 1 N–H and O–H groups in total. The SMILES string of the molecule is CCCCCCCCCc1cc(S(=O)(=O)[O-])c2ccccc2c1CCCCCCCCC.[Ba+2].[OH-]. The summed E-state index contributed by atoms with van der Waals surface area (Å²) in [6.45, 7) is 4.47. The third kappa shape index (κ3) is 11.9. The maximum atomic E-state index is 12.0. The van der Waals surface area contributed by atoms with Gasteiger partial charge in [-0.2, -0.15) is 0 Å². The first-order chi connectivity index (χ1) is 15.5. The Balaban J connectivity index is 0.00000544. The summed E-state index contributed by atoms with van der Waals surface area (Å²) in [6.07, 6.45) is 19.2. The van der Waals surface area contributed by atoms with Crippen LogP contribution in [0.5, 0.6) is 0 Å². The van der Waals surface area contributed by atoms with E-state index in [0.29, 0.717) is 5.39 Å². The molecule has 0 radical (unpaired) electrons. The summed E-state index contributed by atoms with van der Waals surface area (Å²) in [4.78, 5) is -0.0469. The van der Waals surface area contributed by atoms with Gasteiger partial charge in [-0.05, 0) is 53.6 Å². The van der Waals surface area contributed by atoms with Crippen molar-refractivity contribution in [3.05, 3.63) is 41.5 Å². The Bertz CT molecular complexity index is 912. The van der Waals surface area contributed by atoms with Gasteiger partial charge in [0.15, 0.2) is 0 Å². The van der Waals surface area contributed by atoms with Crippen LogP contribution in [0.25, 0.3) is 10.8 Å². The molecular formula is C28H44BaO4S. The first-order valence-corrected chi connectivity index (χ1v) is 14.4. The largest absolute Gasteiger partial charge is 2.00 e. The van der Waals surface area contributed by atoms with E-state index in [-0.39, 0.29) is 59.3 Å². The van der Waals surface area contributed by atoms with Crippen LogP contribution in [0.15, 0.2) is 35.2 Å². The van der Waals surface area contributed by atoms with Crippen molar-refractivity contribution in [3.8, 4) is 0 Å². The third-order valence-electron chi connectivity index (χ3n) is 6.56. The number of rotatable bonds is 17. The molecule has 34 heavy (non-hydrogen) atoms. The van der Waals surface area contributed by atoms with Gasteiger partial charge < -0.3 is 10.0 Å². The van der Waals surface area contributed by atoms with Gasteiger partial charge in [0, 0.05) is 0 Å². The molecule has 2 aromatic rings. The van der Waals surface area contributed by atoms with Crippen molar-refractivity contribution in [2.24, 2.45) is 0 Å². The van der Waals surface area contributed by atoms with Crippen LogP contribution in [0.4, 0.5) is 0 Å². The van der Waals surface area contributed by atoms with Crippen LogP contribution in [0, 0.1) is 0 Å². The molecule has 0 bridgehead atoms. The molecule has 2 aromatic carbocycles. The molecule has 0 saturated heterocycles. The van der Waals surface area contributed by atoms with Crippen molar-refractivity contribution < 1.29 is 18.4 Å². The fraction of sp³-hybridized carbons (Fsp3) is 0.643. The van der Waals surface area contributed by atoms with Gasteiger partial charge in [-0.3, -0.25) is 0 Å². The van der Waals surface area contributed by atoms with E-state index < -0.39 is 10.1 Å². The number of hydrogen-bond donors (Lipinski definition) is 0. The molecule has 0 unspecified atom stereocenters. The third-order valence-corrected chi connectivity index (χ3v) is 7.44. The molecule has 0 atom stereocenters. The molecule has 0 heterocycles. The predicted molar refractivity (Wildman–Crippen MR) is 143 cm³/mol. The summed E-state index contributed by atoms with van der Waals surface area (Å²) >= 11 is 0. The first-order valence-electron chi connectivity index (χ1n) is 13.0. The summed E-state index contributed by atoms with van der Waals surface area (Å²) in [5.74, 6) is 0. The summed E-state index contributed by atoms with van der Waals surface area (Å²) < 4.78 is 36.1. The molecule has 0 amide bonds. The average molecular weight is 614 g/mol. The number of fused-ring (bicyclic) bond motifs is 1. The van der Waals surface area contributed by atoms with Crippen molar-refractivity contribution in [3.63, 3.8) is 0 Å². The zero-order valence-corrected chi connectivity index (χ0v) is 26.7. The van der Waals surface area contributed by atoms with Crippen molar-refractivity contribution in [1.82, 2.24) is 0 Å². The van der Waals surface area contributed by atoms with Crippen LogP contribution < -0.4 is 0 Å². The van der Waals surface area contributed by atoms with Crippen molar-refractivity contribution in [2.75, 3.05) is 0 Å². The summed E-state index contributed by atoms with van der Waals surface area (Å²) in [7, 11) is -4.50. The normalized spacial score (nSPS) is 11.3. The average Bonchev–Trinajstić information content (AvgIpc) is 2.77.